The fourth-order valence-electron chi connectivity index (χ4n) is 2.62. The first kappa shape index (κ1) is 20.7. The average Bonchev–Trinajstić information content (AvgIpc) is 2.69. The van der Waals surface area contributed by atoms with E-state index in [9.17, 15) is 4.79 Å². The summed E-state index contributed by atoms with van der Waals surface area (Å²) >= 11 is 0. The van der Waals surface area contributed by atoms with Crippen molar-refractivity contribution >= 4 is 12.0 Å². The van der Waals surface area contributed by atoms with Crippen molar-refractivity contribution in [1.82, 2.24) is 4.90 Å². The number of carbonyl (C=O) groups is 1. The number of carbonyl (C=O) groups excluding carboxylic acids is 1. The van der Waals surface area contributed by atoms with Gasteiger partial charge in [-0.05, 0) is 37.6 Å². The van der Waals surface area contributed by atoms with Crippen molar-refractivity contribution in [3.05, 3.63) is 29.3 Å². The molecule has 7 nitrogen and oxygen atoms in total. The minimum absolute atomic E-state index is 0.0553. The highest BCUT2D eigenvalue weighted by atomic mass is 16.5. The number of esters is 1. The van der Waals surface area contributed by atoms with Crippen molar-refractivity contribution in [2.75, 3.05) is 52.7 Å². The summed E-state index contributed by atoms with van der Waals surface area (Å²) in [5.74, 6) is 0.579. The molecule has 7 heteroatoms. The van der Waals surface area contributed by atoms with Crippen LogP contribution in [0.2, 0.25) is 0 Å². The summed E-state index contributed by atoms with van der Waals surface area (Å²) in [6.07, 6.45) is 1.48. The molecule has 0 spiro atoms. The number of hydrogen-bond donors (Lipinski definition) is 0. The van der Waals surface area contributed by atoms with Crippen LogP contribution in [0.15, 0.2) is 23.8 Å². The summed E-state index contributed by atoms with van der Waals surface area (Å²) in [5.41, 5.74) is 0.615. The van der Waals surface area contributed by atoms with Crippen LogP contribution in [0.3, 0.4) is 0 Å². The summed E-state index contributed by atoms with van der Waals surface area (Å²) < 4.78 is 21.8. The number of nitrogens with zero attached hydrogens (tertiary/aromatic N) is 2. The average molecular weight is 374 g/mol. The van der Waals surface area contributed by atoms with Gasteiger partial charge in [-0.25, -0.2) is 4.79 Å². The standard InChI is InChI=1S/C20H26N2O5/c1-3-25-19-14-16(13-17(15-21)20(23)26-4-2)5-6-18(19)27-12-9-22-7-10-24-11-8-22/h5-6,13-14H,3-4,7-12H2,1-2H3. The Morgan fingerprint density at radius 3 is 2.67 bits per heavy atom. The van der Waals surface area contributed by atoms with Crippen molar-refractivity contribution in [3.8, 4) is 17.6 Å². The molecule has 0 unspecified atom stereocenters. The maximum Gasteiger partial charge on any atom is 0.348 e. The van der Waals surface area contributed by atoms with Gasteiger partial charge < -0.3 is 18.9 Å². The van der Waals surface area contributed by atoms with Crippen LogP contribution in [0.1, 0.15) is 19.4 Å². The quantitative estimate of drug-likeness (QED) is 0.373. The van der Waals surface area contributed by atoms with E-state index in [0.29, 0.717) is 30.3 Å². The zero-order chi connectivity index (χ0) is 19.5. The molecule has 1 saturated heterocycles. The number of ether oxygens (including phenoxy) is 4. The molecule has 1 aliphatic heterocycles. The summed E-state index contributed by atoms with van der Waals surface area (Å²) in [6.45, 7) is 8.99. The predicted octanol–water partition coefficient (Wildman–Crippen LogP) is 2.27. The number of benzene rings is 1. The largest absolute Gasteiger partial charge is 0.490 e. The molecule has 1 aromatic rings. The summed E-state index contributed by atoms with van der Waals surface area (Å²) in [5, 5.41) is 9.16. The number of hydrogen-bond acceptors (Lipinski definition) is 7. The van der Waals surface area contributed by atoms with E-state index in [1.807, 2.05) is 13.0 Å². The van der Waals surface area contributed by atoms with E-state index >= 15 is 0 Å². The van der Waals surface area contributed by atoms with Crippen molar-refractivity contribution in [3.63, 3.8) is 0 Å². The van der Waals surface area contributed by atoms with Crippen LogP contribution in [0.5, 0.6) is 11.5 Å². The molecule has 0 radical (unpaired) electrons. The highest BCUT2D eigenvalue weighted by Crippen LogP contribution is 2.29. The van der Waals surface area contributed by atoms with Gasteiger partial charge in [-0.3, -0.25) is 4.90 Å². The second kappa shape index (κ2) is 11.2. The number of rotatable bonds is 9. The van der Waals surface area contributed by atoms with Crippen molar-refractivity contribution in [1.29, 1.82) is 5.26 Å². The molecule has 1 fully saturated rings. The Bertz CT molecular complexity index is 690. The van der Waals surface area contributed by atoms with Gasteiger partial charge in [-0.1, -0.05) is 6.07 Å². The van der Waals surface area contributed by atoms with Crippen molar-refractivity contribution in [2.24, 2.45) is 0 Å². The highest BCUT2D eigenvalue weighted by molar-refractivity contribution is 5.97. The molecule has 27 heavy (non-hydrogen) atoms. The molecule has 2 rings (SSSR count). The molecular formula is C20H26N2O5. The zero-order valence-electron chi connectivity index (χ0n) is 15.9. The van der Waals surface area contributed by atoms with E-state index in [-0.39, 0.29) is 12.2 Å². The van der Waals surface area contributed by atoms with Gasteiger partial charge >= 0.3 is 5.97 Å². The van der Waals surface area contributed by atoms with E-state index < -0.39 is 5.97 Å². The Morgan fingerprint density at radius 2 is 2.00 bits per heavy atom. The van der Waals surface area contributed by atoms with Crippen LogP contribution in [0.4, 0.5) is 0 Å². The van der Waals surface area contributed by atoms with Gasteiger partial charge in [-0.15, -0.1) is 0 Å². The van der Waals surface area contributed by atoms with Gasteiger partial charge in [0.25, 0.3) is 0 Å². The van der Waals surface area contributed by atoms with Gasteiger partial charge in [0.1, 0.15) is 18.2 Å². The van der Waals surface area contributed by atoms with Gasteiger partial charge in [0, 0.05) is 19.6 Å². The van der Waals surface area contributed by atoms with Crippen LogP contribution < -0.4 is 9.47 Å². The third-order valence-corrected chi connectivity index (χ3v) is 3.96. The van der Waals surface area contributed by atoms with Crippen LogP contribution >= 0.6 is 0 Å². The minimum atomic E-state index is -0.635. The lowest BCUT2D eigenvalue weighted by molar-refractivity contribution is -0.137. The van der Waals surface area contributed by atoms with Crippen LogP contribution in [0, 0.1) is 11.3 Å². The van der Waals surface area contributed by atoms with Crippen LogP contribution in [-0.4, -0.2) is 63.5 Å². The fourth-order valence-corrected chi connectivity index (χ4v) is 2.62. The molecule has 0 atom stereocenters. The van der Waals surface area contributed by atoms with E-state index in [2.05, 4.69) is 4.90 Å². The highest BCUT2D eigenvalue weighted by Gasteiger charge is 2.13. The van der Waals surface area contributed by atoms with E-state index in [1.165, 1.54) is 6.08 Å². The first-order chi connectivity index (χ1) is 13.2. The van der Waals surface area contributed by atoms with E-state index in [1.54, 1.807) is 25.1 Å². The van der Waals surface area contributed by atoms with Crippen LogP contribution in [-0.2, 0) is 14.3 Å². The fraction of sp³-hybridized carbons (Fsp3) is 0.500. The first-order valence-corrected chi connectivity index (χ1v) is 9.16. The predicted molar refractivity (Wildman–Crippen MR) is 101 cm³/mol. The molecule has 1 aliphatic rings. The van der Waals surface area contributed by atoms with Gasteiger partial charge in [0.15, 0.2) is 11.5 Å². The summed E-state index contributed by atoms with van der Waals surface area (Å²) in [4.78, 5) is 14.1. The second-order valence-electron chi connectivity index (χ2n) is 5.83. The minimum Gasteiger partial charge on any atom is -0.490 e. The molecule has 0 N–H and O–H groups in total. The van der Waals surface area contributed by atoms with E-state index in [0.717, 1.165) is 32.8 Å². The molecule has 0 saturated carbocycles. The van der Waals surface area contributed by atoms with Gasteiger partial charge in [0.2, 0.25) is 0 Å². The van der Waals surface area contributed by atoms with E-state index in [4.69, 9.17) is 24.2 Å². The molecule has 0 aromatic heterocycles. The molecule has 1 aromatic carbocycles. The lowest BCUT2D eigenvalue weighted by atomic mass is 10.1. The monoisotopic (exact) mass is 374 g/mol. The summed E-state index contributed by atoms with van der Waals surface area (Å²) in [7, 11) is 0. The maximum atomic E-state index is 11.8. The lowest BCUT2D eigenvalue weighted by Gasteiger charge is -2.26. The Hall–Kier alpha value is -2.56. The third-order valence-electron chi connectivity index (χ3n) is 3.96. The normalized spacial score (nSPS) is 15.1. The third kappa shape index (κ3) is 6.59. The SMILES string of the molecule is CCOC(=O)C(C#N)=Cc1ccc(OCCN2CCOCC2)c(OCC)c1. The Morgan fingerprint density at radius 1 is 1.22 bits per heavy atom. The lowest BCUT2D eigenvalue weighted by Crippen LogP contribution is -2.38. The molecule has 0 aliphatic carbocycles. The Kier molecular flexibility index (Phi) is 8.62. The number of nitriles is 1. The molecule has 0 amide bonds. The molecular weight excluding hydrogens is 348 g/mol. The smallest absolute Gasteiger partial charge is 0.348 e. The second-order valence-corrected chi connectivity index (χ2v) is 5.83. The zero-order valence-corrected chi connectivity index (χ0v) is 15.9. The number of morpholine rings is 1. The van der Waals surface area contributed by atoms with Crippen molar-refractivity contribution < 1.29 is 23.7 Å². The van der Waals surface area contributed by atoms with Gasteiger partial charge in [0.05, 0.1) is 26.4 Å². The summed E-state index contributed by atoms with van der Waals surface area (Å²) in [6, 6.07) is 7.19. The molecule has 146 valence electrons. The van der Waals surface area contributed by atoms with Crippen molar-refractivity contribution in [2.45, 2.75) is 13.8 Å². The first-order valence-electron chi connectivity index (χ1n) is 9.16. The molecule has 1 heterocycles. The maximum absolute atomic E-state index is 11.8. The Balaban J connectivity index is 2.06. The van der Waals surface area contributed by atoms with Gasteiger partial charge in [-0.2, -0.15) is 5.26 Å². The Labute approximate surface area is 160 Å². The van der Waals surface area contributed by atoms with Crippen LogP contribution in [0.25, 0.3) is 6.08 Å². The molecule has 0 bridgehead atoms. The topological polar surface area (TPSA) is 81.0 Å².